The molecule has 0 spiro atoms. The highest BCUT2D eigenvalue weighted by atomic mass is 32.2. The molecule has 30 heavy (non-hydrogen) atoms. The van der Waals surface area contributed by atoms with Gasteiger partial charge in [-0.2, -0.15) is 8.42 Å². The lowest BCUT2D eigenvalue weighted by Gasteiger charge is -2.09. The van der Waals surface area contributed by atoms with Crippen molar-refractivity contribution in [3.05, 3.63) is 97.1 Å². The second kappa shape index (κ2) is 7.23. The van der Waals surface area contributed by atoms with Crippen LogP contribution in [0.1, 0.15) is 0 Å². The van der Waals surface area contributed by atoms with Gasteiger partial charge in [0.15, 0.2) is 0 Å². The fourth-order valence-electron chi connectivity index (χ4n) is 3.52. The van der Waals surface area contributed by atoms with Gasteiger partial charge in [0, 0.05) is 11.1 Å². The predicted octanol–water partition coefficient (Wildman–Crippen LogP) is 5.27. The number of fused-ring (bicyclic) bond motifs is 3. The molecule has 4 nitrogen and oxygen atoms in total. The van der Waals surface area contributed by atoms with E-state index in [1.807, 2.05) is 48.5 Å². The maximum Gasteiger partial charge on any atom is 0.339 e. The standard InChI is InChI=1S/C24H16O4S2/c25-29-23-13-11-18(17-7-3-1-4-8-17)15-21(23)22-16-20(12-14-24(22)29)30(26,27)28-19-9-5-2-6-10-19/h1-16H. The lowest BCUT2D eigenvalue weighted by molar-refractivity contribution is 0.486. The van der Waals surface area contributed by atoms with Gasteiger partial charge in [0.05, 0.1) is 20.6 Å². The monoisotopic (exact) mass is 432 g/mol. The van der Waals surface area contributed by atoms with Gasteiger partial charge >= 0.3 is 10.1 Å². The van der Waals surface area contributed by atoms with Crippen molar-refractivity contribution in [1.82, 2.24) is 0 Å². The molecule has 5 rings (SSSR count). The summed E-state index contributed by atoms with van der Waals surface area (Å²) < 4.78 is 43.7. The molecule has 0 radical (unpaired) electrons. The summed E-state index contributed by atoms with van der Waals surface area (Å²) in [5, 5.41) is 0. The molecule has 0 aromatic heterocycles. The molecule has 0 amide bonds. The first-order valence-corrected chi connectivity index (χ1v) is 11.8. The highest BCUT2D eigenvalue weighted by Crippen LogP contribution is 2.43. The normalized spacial score (nSPS) is 14.7. The number of para-hydroxylation sites is 1. The minimum atomic E-state index is -4.02. The first-order chi connectivity index (χ1) is 14.5. The molecule has 1 unspecified atom stereocenters. The van der Waals surface area contributed by atoms with Crippen LogP contribution < -0.4 is 4.18 Å². The van der Waals surface area contributed by atoms with Crippen LogP contribution in [0.4, 0.5) is 0 Å². The van der Waals surface area contributed by atoms with Crippen molar-refractivity contribution in [2.24, 2.45) is 0 Å². The minimum Gasteiger partial charge on any atom is -0.379 e. The van der Waals surface area contributed by atoms with Crippen molar-refractivity contribution in [3.63, 3.8) is 0 Å². The number of hydrogen-bond acceptors (Lipinski definition) is 4. The molecule has 0 saturated heterocycles. The zero-order valence-electron chi connectivity index (χ0n) is 15.7. The summed E-state index contributed by atoms with van der Waals surface area (Å²) in [6.07, 6.45) is 0. The average molecular weight is 433 g/mol. The highest BCUT2D eigenvalue weighted by molar-refractivity contribution is 7.87. The second-order valence-electron chi connectivity index (χ2n) is 6.85. The van der Waals surface area contributed by atoms with Crippen LogP contribution in [-0.4, -0.2) is 12.6 Å². The fraction of sp³-hybridized carbons (Fsp3) is 0. The van der Waals surface area contributed by atoms with Crippen molar-refractivity contribution < 1.29 is 16.8 Å². The third-order valence-corrected chi connectivity index (χ3v) is 7.72. The summed E-state index contributed by atoms with van der Waals surface area (Å²) >= 11 is 0. The molecular weight excluding hydrogens is 416 g/mol. The van der Waals surface area contributed by atoms with Gasteiger partial charge in [-0.1, -0.05) is 54.6 Å². The molecule has 0 aliphatic carbocycles. The molecule has 0 saturated carbocycles. The van der Waals surface area contributed by atoms with E-state index in [2.05, 4.69) is 0 Å². The van der Waals surface area contributed by atoms with Gasteiger partial charge in [0.2, 0.25) is 0 Å². The van der Waals surface area contributed by atoms with Crippen molar-refractivity contribution in [2.45, 2.75) is 14.7 Å². The highest BCUT2D eigenvalue weighted by Gasteiger charge is 2.28. The van der Waals surface area contributed by atoms with E-state index in [-0.39, 0.29) is 10.6 Å². The van der Waals surface area contributed by atoms with Gasteiger partial charge in [-0.05, 0) is 53.6 Å². The molecule has 1 aliphatic heterocycles. The van der Waals surface area contributed by atoms with Crippen molar-refractivity contribution in [1.29, 1.82) is 0 Å². The fourth-order valence-corrected chi connectivity index (χ4v) is 5.83. The number of benzene rings is 4. The van der Waals surface area contributed by atoms with E-state index in [0.717, 1.165) is 16.7 Å². The quantitative estimate of drug-likeness (QED) is 0.363. The average Bonchev–Trinajstić information content (AvgIpc) is 3.06. The van der Waals surface area contributed by atoms with Gasteiger partial charge in [0.1, 0.15) is 10.6 Å². The second-order valence-corrected chi connectivity index (χ2v) is 9.82. The van der Waals surface area contributed by atoms with Gasteiger partial charge in [-0.25, -0.2) is 4.21 Å². The Morgan fingerprint density at radius 1 is 0.633 bits per heavy atom. The number of hydrogen-bond donors (Lipinski definition) is 0. The molecule has 4 aromatic rings. The molecule has 1 aliphatic rings. The van der Waals surface area contributed by atoms with Crippen LogP contribution in [0.15, 0.2) is 112 Å². The largest absolute Gasteiger partial charge is 0.379 e. The minimum absolute atomic E-state index is 0.0278. The topological polar surface area (TPSA) is 60.4 Å². The molecule has 0 N–H and O–H groups in total. The Bertz CT molecular complexity index is 1380. The van der Waals surface area contributed by atoms with Crippen LogP contribution in [0.2, 0.25) is 0 Å². The van der Waals surface area contributed by atoms with Gasteiger partial charge in [0.25, 0.3) is 0 Å². The van der Waals surface area contributed by atoms with Crippen LogP contribution in [0.5, 0.6) is 5.75 Å². The summed E-state index contributed by atoms with van der Waals surface area (Å²) in [6, 6.07) is 28.6. The smallest absolute Gasteiger partial charge is 0.339 e. The molecule has 0 fully saturated rings. The van der Waals surface area contributed by atoms with E-state index in [9.17, 15) is 12.6 Å². The van der Waals surface area contributed by atoms with Crippen LogP contribution in [-0.2, 0) is 20.9 Å². The van der Waals surface area contributed by atoms with Crippen LogP contribution in [0, 0.1) is 0 Å². The van der Waals surface area contributed by atoms with E-state index in [0.29, 0.717) is 15.4 Å². The number of rotatable bonds is 4. The first kappa shape index (κ1) is 18.8. The molecular formula is C24H16O4S2. The SMILES string of the molecule is O=S1c2ccc(-c3ccccc3)cc2-c2cc(S(=O)(=O)Oc3ccccc3)ccc21. The molecule has 148 valence electrons. The van der Waals surface area contributed by atoms with E-state index in [4.69, 9.17) is 4.18 Å². The van der Waals surface area contributed by atoms with Crippen LogP contribution >= 0.6 is 0 Å². The predicted molar refractivity (Wildman–Crippen MR) is 116 cm³/mol. The van der Waals surface area contributed by atoms with Crippen molar-refractivity contribution >= 4 is 20.9 Å². The Balaban J connectivity index is 1.59. The first-order valence-electron chi connectivity index (χ1n) is 9.28. The summed E-state index contributed by atoms with van der Waals surface area (Å²) in [7, 11) is -5.36. The van der Waals surface area contributed by atoms with Crippen LogP contribution in [0.3, 0.4) is 0 Å². The van der Waals surface area contributed by atoms with Crippen molar-refractivity contribution in [3.8, 4) is 28.0 Å². The lowest BCUT2D eigenvalue weighted by Crippen LogP contribution is -2.09. The molecule has 0 bridgehead atoms. The van der Waals surface area contributed by atoms with E-state index in [1.54, 1.807) is 42.5 Å². The van der Waals surface area contributed by atoms with E-state index >= 15 is 0 Å². The Hall–Kier alpha value is -3.22. The Morgan fingerprint density at radius 2 is 1.23 bits per heavy atom. The zero-order chi connectivity index (χ0) is 20.7. The maximum absolute atomic E-state index is 12.9. The van der Waals surface area contributed by atoms with Crippen LogP contribution in [0.25, 0.3) is 22.3 Å². The van der Waals surface area contributed by atoms with Gasteiger partial charge in [-0.15, -0.1) is 0 Å². The molecule has 1 heterocycles. The van der Waals surface area contributed by atoms with E-state index < -0.39 is 20.9 Å². The third-order valence-electron chi connectivity index (χ3n) is 4.97. The zero-order valence-corrected chi connectivity index (χ0v) is 17.3. The molecule has 4 aromatic carbocycles. The van der Waals surface area contributed by atoms with E-state index in [1.165, 1.54) is 6.07 Å². The van der Waals surface area contributed by atoms with Gasteiger partial charge in [-0.3, -0.25) is 0 Å². The maximum atomic E-state index is 12.9. The Kier molecular flexibility index (Phi) is 4.53. The van der Waals surface area contributed by atoms with Gasteiger partial charge < -0.3 is 4.18 Å². The summed E-state index contributed by atoms with van der Waals surface area (Å²) in [5.41, 5.74) is 3.45. The van der Waals surface area contributed by atoms with Crippen molar-refractivity contribution in [2.75, 3.05) is 0 Å². The summed E-state index contributed by atoms with van der Waals surface area (Å²) in [5.74, 6) is 0.244. The third kappa shape index (κ3) is 3.24. The molecule has 6 heteroatoms. The summed E-state index contributed by atoms with van der Waals surface area (Å²) in [4.78, 5) is 1.32. The summed E-state index contributed by atoms with van der Waals surface area (Å²) in [6.45, 7) is 0. The Morgan fingerprint density at radius 3 is 1.93 bits per heavy atom. The Labute approximate surface area is 177 Å². The molecule has 1 atom stereocenters. The lowest BCUT2D eigenvalue weighted by atomic mass is 9.99.